The van der Waals surface area contributed by atoms with Crippen molar-refractivity contribution in [2.45, 2.75) is 31.6 Å². The first-order valence-corrected chi connectivity index (χ1v) is 9.86. The van der Waals surface area contributed by atoms with Crippen LogP contribution in [-0.2, 0) is 17.0 Å². The number of ether oxygens (including phenoxy) is 2. The van der Waals surface area contributed by atoms with Gasteiger partial charge in [0, 0.05) is 30.1 Å². The van der Waals surface area contributed by atoms with Crippen molar-refractivity contribution >= 4 is 17.7 Å². The Labute approximate surface area is 158 Å². The monoisotopic (exact) mass is 372 g/mol. The van der Waals surface area contributed by atoms with Gasteiger partial charge in [-0.05, 0) is 31.5 Å². The number of pyridine rings is 1. The summed E-state index contributed by atoms with van der Waals surface area (Å²) >= 11 is 1.57. The minimum atomic E-state index is -0.193. The van der Waals surface area contributed by atoms with Crippen molar-refractivity contribution in [2.24, 2.45) is 0 Å². The van der Waals surface area contributed by atoms with Gasteiger partial charge in [-0.1, -0.05) is 18.2 Å². The van der Waals surface area contributed by atoms with Crippen LogP contribution in [0.3, 0.4) is 0 Å². The maximum Gasteiger partial charge on any atom is 0.230 e. The molecule has 0 spiro atoms. The van der Waals surface area contributed by atoms with E-state index in [-0.39, 0.29) is 11.5 Å². The van der Waals surface area contributed by atoms with Crippen molar-refractivity contribution in [2.75, 3.05) is 18.9 Å². The van der Waals surface area contributed by atoms with E-state index in [0.29, 0.717) is 18.9 Å². The van der Waals surface area contributed by atoms with Gasteiger partial charge in [0.2, 0.25) is 5.91 Å². The molecule has 0 aliphatic carbocycles. The fraction of sp³-hybridized carbons (Fsp3) is 0.400. The van der Waals surface area contributed by atoms with E-state index in [2.05, 4.69) is 30.2 Å². The Morgan fingerprint density at radius 1 is 1.35 bits per heavy atom. The zero-order valence-electron chi connectivity index (χ0n) is 15.2. The van der Waals surface area contributed by atoms with Gasteiger partial charge in [-0.3, -0.25) is 9.78 Å². The molecule has 26 heavy (non-hydrogen) atoms. The summed E-state index contributed by atoms with van der Waals surface area (Å²) in [5.74, 6) is 2.79. The van der Waals surface area contributed by atoms with Crippen LogP contribution in [0.5, 0.6) is 11.5 Å². The second-order valence-electron chi connectivity index (χ2n) is 6.84. The van der Waals surface area contributed by atoms with Crippen molar-refractivity contribution in [1.29, 1.82) is 0 Å². The van der Waals surface area contributed by atoms with E-state index in [4.69, 9.17) is 9.47 Å². The van der Waals surface area contributed by atoms with E-state index in [1.54, 1.807) is 18.0 Å². The predicted octanol–water partition coefficient (Wildman–Crippen LogP) is 3.22. The number of thioether (sulfide) groups is 1. The average molecular weight is 372 g/mol. The summed E-state index contributed by atoms with van der Waals surface area (Å²) in [6.45, 7) is 5.03. The maximum atomic E-state index is 11.9. The lowest BCUT2D eigenvalue weighted by molar-refractivity contribution is -0.118. The molecule has 1 aromatic carbocycles. The van der Waals surface area contributed by atoms with E-state index in [1.807, 2.05) is 30.5 Å². The Morgan fingerprint density at radius 3 is 3.04 bits per heavy atom. The summed E-state index contributed by atoms with van der Waals surface area (Å²) in [5, 5.41) is 2.88. The number of hydrogen-bond donors (Lipinski definition) is 1. The van der Waals surface area contributed by atoms with Crippen LogP contribution in [0.15, 0.2) is 42.7 Å². The summed E-state index contributed by atoms with van der Waals surface area (Å²) < 4.78 is 11.8. The lowest BCUT2D eigenvalue weighted by Crippen LogP contribution is -2.29. The Bertz CT molecular complexity index is 750. The van der Waals surface area contributed by atoms with E-state index in [9.17, 15) is 4.79 Å². The number of aromatic nitrogens is 1. The summed E-state index contributed by atoms with van der Waals surface area (Å²) in [6.07, 6.45) is 4.44. The fourth-order valence-electron chi connectivity index (χ4n) is 2.85. The molecule has 138 valence electrons. The molecular weight excluding hydrogens is 348 g/mol. The van der Waals surface area contributed by atoms with Crippen LogP contribution in [0.1, 0.15) is 25.0 Å². The van der Waals surface area contributed by atoms with Gasteiger partial charge in [0.05, 0.1) is 12.3 Å². The minimum Gasteiger partial charge on any atom is -0.488 e. The van der Waals surface area contributed by atoms with Crippen LogP contribution >= 0.6 is 11.8 Å². The first kappa shape index (κ1) is 18.6. The number of nitrogens with zero attached hydrogens (tertiary/aromatic N) is 1. The Hall–Kier alpha value is -2.21. The third kappa shape index (κ3) is 5.14. The predicted molar refractivity (Wildman–Crippen MR) is 104 cm³/mol. The minimum absolute atomic E-state index is 0.0122. The molecule has 5 nitrogen and oxygen atoms in total. The first-order chi connectivity index (χ1) is 12.5. The quantitative estimate of drug-likeness (QED) is 0.721. The van der Waals surface area contributed by atoms with E-state index in [1.165, 1.54) is 5.56 Å². The van der Waals surface area contributed by atoms with E-state index in [0.717, 1.165) is 29.2 Å². The van der Waals surface area contributed by atoms with Gasteiger partial charge in [-0.2, -0.15) is 0 Å². The zero-order chi connectivity index (χ0) is 18.4. The summed E-state index contributed by atoms with van der Waals surface area (Å²) in [4.78, 5) is 16.0. The lowest BCUT2D eigenvalue weighted by Gasteiger charge is -2.18. The van der Waals surface area contributed by atoms with Crippen molar-refractivity contribution in [3.8, 4) is 11.5 Å². The summed E-state index contributed by atoms with van der Waals surface area (Å²) in [7, 11) is 0. The third-order valence-electron chi connectivity index (χ3n) is 3.96. The number of rotatable bonds is 8. The van der Waals surface area contributed by atoms with Crippen molar-refractivity contribution in [3.63, 3.8) is 0 Å². The van der Waals surface area contributed by atoms with Crippen molar-refractivity contribution < 1.29 is 14.3 Å². The second-order valence-corrected chi connectivity index (χ2v) is 7.82. The molecule has 2 heterocycles. The Morgan fingerprint density at radius 2 is 2.23 bits per heavy atom. The van der Waals surface area contributed by atoms with Gasteiger partial charge in [0.15, 0.2) is 11.5 Å². The highest BCUT2D eigenvalue weighted by molar-refractivity contribution is 7.99. The number of para-hydroxylation sites is 1. The van der Waals surface area contributed by atoms with E-state index < -0.39 is 0 Å². The average Bonchev–Trinajstić information content (AvgIpc) is 2.94. The van der Waals surface area contributed by atoms with Gasteiger partial charge >= 0.3 is 0 Å². The number of nitrogens with one attached hydrogen (secondary N) is 1. The molecular formula is C20H24N2O3S. The zero-order valence-corrected chi connectivity index (χ0v) is 16.0. The second kappa shape index (κ2) is 8.45. The molecule has 2 aromatic rings. The van der Waals surface area contributed by atoms with Crippen LogP contribution in [0.25, 0.3) is 0 Å². The number of benzene rings is 1. The highest BCUT2D eigenvalue weighted by Gasteiger charge is 2.32. The number of amides is 1. The molecule has 1 aliphatic heterocycles. The Balaban J connectivity index is 1.36. The van der Waals surface area contributed by atoms with Crippen LogP contribution in [0.2, 0.25) is 0 Å². The molecule has 1 amide bonds. The molecule has 0 fully saturated rings. The topological polar surface area (TPSA) is 60.5 Å². The highest BCUT2D eigenvalue weighted by atomic mass is 32.2. The molecule has 0 unspecified atom stereocenters. The molecule has 1 aromatic heterocycles. The van der Waals surface area contributed by atoms with Gasteiger partial charge in [-0.15, -0.1) is 11.8 Å². The number of carbonyl (C=O) groups excluding carboxylic acids is 1. The van der Waals surface area contributed by atoms with Gasteiger partial charge in [0.25, 0.3) is 0 Å². The van der Waals surface area contributed by atoms with Crippen LogP contribution in [-0.4, -0.2) is 35.4 Å². The third-order valence-corrected chi connectivity index (χ3v) is 4.97. The smallest absolute Gasteiger partial charge is 0.230 e. The first-order valence-electron chi connectivity index (χ1n) is 8.70. The van der Waals surface area contributed by atoms with Crippen molar-refractivity contribution in [1.82, 2.24) is 10.3 Å². The van der Waals surface area contributed by atoms with Crippen LogP contribution in [0, 0.1) is 0 Å². The van der Waals surface area contributed by atoms with Crippen LogP contribution in [0.4, 0.5) is 0 Å². The normalized spacial score (nSPS) is 14.4. The fourth-order valence-corrected chi connectivity index (χ4v) is 3.64. The highest BCUT2D eigenvalue weighted by Crippen LogP contribution is 2.41. The number of fused-ring (bicyclic) bond motifs is 1. The Kier molecular flexibility index (Phi) is 6.04. The van der Waals surface area contributed by atoms with Gasteiger partial charge in [0.1, 0.15) is 12.2 Å². The molecule has 0 saturated carbocycles. The van der Waals surface area contributed by atoms with Crippen molar-refractivity contribution in [3.05, 3.63) is 53.9 Å². The van der Waals surface area contributed by atoms with Gasteiger partial charge < -0.3 is 14.8 Å². The standard InChI is InChI=1S/C20H24N2O3S/c1-20(2)11-16-6-3-7-17(19(16)25-20)24-10-9-22-18(23)14-26-13-15-5-4-8-21-12-15/h3-8,12H,9-11,13-14H2,1-2H3,(H,22,23). The molecule has 1 N–H and O–H groups in total. The largest absolute Gasteiger partial charge is 0.488 e. The molecule has 3 rings (SSSR count). The molecule has 6 heteroatoms. The molecule has 1 aliphatic rings. The summed E-state index contributed by atoms with van der Waals surface area (Å²) in [6, 6.07) is 9.86. The van der Waals surface area contributed by atoms with Crippen LogP contribution < -0.4 is 14.8 Å². The van der Waals surface area contributed by atoms with E-state index >= 15 is 0 Å². The summed E-state index contributed by atoms with van der Waals surface area (Å²) in [5.41, 5.74) is 2.10. The molecule has 0 saturated heterocycles. The molecule has 0 bridgehead atoms. The molecule has 0 atom stereocenters. The SMILES string of the molecule is CC1(C)Cc2cccc(OCCNC(=O)CSCc3cccnc3)c2O1. The maximum absolute atomic E-state index is 11.9. The lowest BCUT2D eigenvalue weighted by atomic mass is 10.0. The number of hydrogen-bond acceptors (Lipinski definition) is 5. The molecule has 0 radical (unpaired) electrons. The van der Waals surface area contributed by atoms with Gasteiger partial charge in [-0.25, -0.2) is 0 Å². The number of carbonyl (C=O) groups is 1.